The van der Waals surface area contributed by atoms with Gasteiger partial charge in [-0.15, -0.1) is 0 Å². The fourth-order valence-electron chi connectivity index (χ4n) is 2.03. The first kappa shape index (κ1) is 15.1. The quantitative estimate of drug-likeness (QED) is 0.721. The summed E-state index contributed by atoms with van der Waals surface area (Å²) in [5.74, 6) is 1.88. The first-order chi connectivity index (χ1) is 10.2. The highest BCUT2D eigenvalue weighted by molar-refractivity contribution is 5.96. The van der Waals surface area contributed by atoms with Crippen molar-refractivity contribution in [2.75, 3.05) is 13.7 Å². The molecule has 2 rings (SSSR count). The monoisotopic (exact) mass is 284 g/mol. The molecule has 0 N–H and O–H groups in total. The minimum absolute atomic E-state index is 0.127. The van der Waals surface area contributed by atoms with E-state index in [0.717, 1.165) is 11.5 Å². The summed E-state index contributed by atoms with van der Waals surface area (Å²) >= 11 is 0. The van der Waals surface area contributed by atoms with Crippen molar-refractivity contribution in [1.82, 2.24) is 0 Å². The van der Waals surface area contributed by atoms with Crippen molar-refractivity contribution in [3.63, 3.8) is 0 Å². The SMILES string of the molecule is COc1ccc(C(=O)CC(C)COc2ccccc2)cc1. The van der Waals surface area contributed by atoms with Crippen molar-refractivity contribution in [2.45, 2.75) is 13.3 Å². The van der Waals surface area contributed by atoms with E-state index in [0.29, 0.717) is 18.6 Å². The molecule has 0 saturated carbocycles. The molecule has 0 spiro atoms. The van der Waals surface area contributed by atoms with Gasteiger partial charge in [0.1, 0.15) is 11.5 Å². The summed E-state index contributed by atoms with van der Waals surface area (Å²) in [5, 5.41) is 0. The molecule has 3 nitrogen and oxygen atoms in total. The highest BCUT2D eigenvalue weighted by Crippen LogP contribution is 2.16. The summed E-state index contributed by atoms with van der Waals surface area (Å²) in [6, 6.07) is 16.8. The number of carbonyl (C=O) groups excluding carboxylic acids is 1. The number of ketones is 1. The molecule has 21 heavy (non-hydrogen) atoms. The van der Waals surface area contributed by atoms with Crippen molar-refractivity contribution < 1.29 is 14.3 Å². The Bertz CT molecular complexity index is 561. The summed E-state index contributed by atoms with van der Waals surface area (Å²) in [4.78, 5) is 12.2. The van der Waals surface area contributed by atoms with E-state index in [9.17, 15) is 4.79 Å². The van der Waals surface area contributed by atoms with E-state index < -0.39 is 0 Å². The molecular weight excluding hydrogens is 264 g/mol. The van der Waals surface area contributed by atoms with Crippen LogP contribution in [0.4, 0.5) is 0 Å². The Labute approximate surface area is 125 Å². The minimum atomic E-state index is 0.127. The largest absolute Gasteiger partial charge is 0.497 e. The van der Waals surface area contributed by atoms with Gasteiger partial charge in [-0.2, -0.15) is 0 Å². The van der Waals surface area contributed by atoms with Crippen molar-refractivity contribution >= 4 is 5.78 Å². The van der Waals surface area contributed by atoms with Crippen molar-refractivity contribution in [2.24, 2.45) is 5.92 Å². The summed E-state index contributed by atoms with van der Waals surface area (Å²) in [7, 11) is 1.61. The first-order valence-electron chi connectivity index (χ1n) is 7.04. The maximum Gasteiger partial charge on any atom is 0.163 e. The van der Waals surface area contributed by atoms with Gasteiger partial charge < -0.3 is 9.47 Å². The molecule has 3 heteroatoms. The van der Waals surface area contributed by atoms with Gasteiger partial charge in [-0.05, 0) is 42.3 Å². The molecule has 0 amide bonds. The van der Waals surface area contributed by atoms with E-state index in [1.165, 1.54) is 0 Å². The molecule has 0 aliphatic carbocycles. The molecule has 2 aromatic carbocycles. The van der Waals surface area contributed by atoms with Crippen LogP contribution in [0, 0.1) is 5.92 Å². The molecule has 0 heterocycles. The third kappa shape index (κ3) is 4.63. The Morgan fingerprint density at radius 3 is 2.29 bits per heavy atom. The topological polar surface area (TPSA) is 35.5 Å². The normalized spacial score (nSPS) is 11.7. The van der Waals surface area contributed by atoms with Crippen LogP contribution in [0.25, 0.3) is 0 Å². The third-order valence-corrected chi connectivity index (χ3v) is 3.22. The van der Waals surface area contributed by atoms with Gasteiger partial charge in [0.05, 0.1) is 13.7 Å². The van der Waals surface area contributed by atoms with Crippen LogP contribution in [0.2, 0.25) is 0 Å². The molecule has 2 aromatic rings. The van der Waals surface area contributed by atoms with Gasteiger partial charge in [-0.3, -0.25) is 4.79 Å². The maximum atomic E-state index is 12.2. The van der Waals surface area contributed by atoms with E-state index in [4.69, 9.17) is 9.47 Å². The van der Waals surface area contributed by atoms with Crippen LogP contribution in [-0.2, 0) is 0 Å². The lowest BCUT2D eigenvalue weighted by Gasteiger charge is -2.12. The third-order valence-electron chi connectivity index (χ3n) is 3.22. The average Bonchev–Trinajstić information content (AvgIpc) is 2.54. The Morgan fingerprint density at radius 1 is 1.00 bits per heavy atom. The lowest BCUT2D eigenvalue weighted by molar-refractivity contribution is 0.0949. The number of para-hydroxylation sites is 1. The number of Topliss-reactive ketones (excluding diaryl/α,β-unsaturated/α-hetero) is 1. The van der Waals surface area contributed by atoms with Gasteiger partial charge in [-0.1, -0.05) is 25.1 Å². The van der Waals surface area contributed by atoms with Crippen LogP contribution in [0.15, 0.2) is 54.6 Å². The van der Waals surface area contributed by atoms with E-state index in [1.807, 2.05) is 37.3 Å². The van der Waals surface area contributed by atoms with Gasteiger partial charge in [0.15, 0.2) is 5.78 Å². The predicted octanol–water partition coefficient (Wildman–Crippen LogP) is 3.98. The van der Waals surface area contributed by atoms with Crippen molar-refractivity contribution in [3.8, 4) is 11.5 Å². The van der Waals surface area contributed by atoms with E-state index in [-0.39, 0.29) is 11.7 Å². The van der Waals surface area contributed by atoms with Crippen molar-refractivity contribution in [3.05, 3.63) is 60.2 Å². The highest BCUT2D eigenvalue weighted by Gasteiger charge is 2.12. The van der Waals surface area contributed by atoms with Crippen LogP contribution in [0.5, 0.6) is 11.5 Å². The predicted molar refractivity (Wildman–Crippen MR) is 83.0 cm³/mol. The molecule has 1 unspecified atom stereocenters. The fourth-order valence-corrected chi connectivity index (χ4v) is 2.03. The molecule has 0 saturated heterocycles. The molecule has 0 radical (unpaired) electrons. The number of hydrogen-bond donors (Lipinski definition) is 0. The second-order valence-electron chi connectivity index (χ2n) is 5.09. The number of ether oxygens (including phenoxy) is 2. The Hall–Kier alpha value is -2.29. The zero-order chi connectivity index (χ0) is 15.1. The molecular formula is C18H20O3. The zero-order valence-corrected chi connectivity index (χ0v) is 12.4. The highest BCUT2D eigenvalue weighted by atomic mass is 16.5. The molecule has 1 atom stereocenters. The Morgan fingerprint density at radius 2 is 1.67 bits per heavy atom. The fraction of sp³-hybridized carbons (Fsp3) is 0.278. The van der Waals surface area contributed by atoms with Crippen LogP contribution in [0.1, 0.15) is 23.7 Å². The number of methoxy groups -OCH3 is 1. The van der Waals surface area contributed by atoms with Gasteiger partial charge in [0.25, 0.3) is 0 Å². The molecule has 0 bridgehead atoms. The van der Waals surface area contributed by atoms with Crippen LogP contribution in [0.3, 0.4) is 0 Å². The number of hydrogen-bond acceptors (Lipinski definition) is 3. The standard InChI is InChI=1S/C18H20O3/c1-14(13-21-17-6-4-3-5-7-17)12-18(19)15-8-10-16(20-2)11-9-15/h3-11,14H,12-13H2,1-2H3. The van der Waals surface area contributed by atoms with Gasteiger partial charge >= 0.3 is 0 Å². The molecule has 0 aliphatic rings. The second-order valence-corrected chi connectivity index (χ2v) is 5.09. The maximum absolute atomic E-state index is 12.2. The Balaban J connectivity index is 1.83. The summed E-state index contributed by atoms with van der Waals surface area (Å²) in [6.45, 7) is 2.55. The van der Waals surface area contributed by atoms with E-state index in [2.05, 4.69) is 0 Å². The van der Waals surface area contributed by atoms with Gasteiger partial charge in [0.2, 0.25) is 0 Å². The second kappa shape index (κ2) is 7.48. The lowest BCUT2D eigenvalue weighted by atomic mass is 10.0. The van der Waals surface area contributed by atoms with E-state index in [1.54, 1.807) is 31.4 Å². The molecule has 0 aromatic heterocycles. The lowest BCUT2D eigenvalue weighted by Crippen LogP contribution is -2.13. The van der Waals surface area contributed by atoms with Crippen LogP contribution < -0.4 is 9.47 Å². The number of carbonyl (C=O) groups is 1. The smallest absolute Gasteiger partial charge is 0.163 e. The van der Waals surface area contributed by atoms with Gasteiger partial charge in [-0.25, -0.2) is 0 Å². The summed E-state index contributed by atoms with van der Waals surface area (Å²) in [5.41, 5.74) is 0.711. The first-order valence-corrected chi connectivity index (χ1v) is 7.04. The Kier molecular flexibility index (Phi) is 5.38. The molecule has 0 aliphatic heterocycles. The van der Waals surface area contributed by atoms with E-state index >= 15 is 0 Å². The molecule has 0 fully saturated rings. The van der Waals surface area contributed by atoms with Crippen LogP contribution in [-0.4, -0.2) is 19.5 Å². The average molecular weight is 284 g/mol. The van der Waals surface area contributed by atoms with Crippen molar-refractivity contribution in [1.29, 1.82) is 0 Å². The van der Waals surface area contributed by atoms with Crippen LogP contribution >= 0.6 is 0 Å². The summed E-state index contributed by atoms with van der Waals surface area (Å²) < 4.78 is 10.8. The number of benzene rings is 2. The van der Waals surface area contributed by atoms with Gasteiger partial charge in [0, 0.05) is 12.0 Å². The molecule has 110 valence electrons. The number of rotatable bonds is 7. The minimum Gasteiger partial charge on any atom is -0.497 e. The summed E-state index contributed by atoms with van der Waals surface area (Å²) in [6.07, 6.45) is 0.471. The zero-order valence-electron chi connectivity index (χ0n) is 12.4.